The fourth-order valence-electron chi connectivity index (χ4n) is 3.61. The normalized spacial score (nSPS) is 12.2. The first-order valence-corrected chi connectivity index (χ1v) is 10.1. The molecule has 0 atom stereocenters. The number of imidazole rings is 1. The van der Waals surface area contributed by atoms with Crippen molar-refractivity contribution in [1.29, 1.82) is 0 Å². The second kappa shape index (κ2) is 5.94. The van der Waals surface area contributed by atoms with Crippen molar-refractivity contribution in [3.05, 3.63) is 60.7 Å². The number of aromatic amines is 1. The number of phenolic OH excluding ortho intramolecular Hbond substituents is 2. The molecule has 4 aromatic carbocycles. The molecule has 0 aliphatic carbocycles. The molecular formula is C21H14N2O5S. The highest BCUT2D eigenvalue weighted by Crippen LogP contribution is 2.38. The first-order valence-electron chi connectivity index (χ1n) is 8.67. The van der Waals surface area contributed by atoms with Gasteiger partial charge in [0.25, 0.3) is 10.1 Å². The molecule has 0 bridgehead atoms. The van der Waals surface area contributed by atoms with Crippen LogP contribution >= 0.6 is 0 Å². The van der Waals surface area contributed by atoms with Crippen LogP contribution in [0.1, 0.15) is 0 Å². The first-order chi connectivity index (χ1) is 13.8. The summed E-state index contributed by atoms with van der Waals surface area (Å²) in [5, 5.41) is 23.5. The number of nitrogens with zero attached hydrogens (tertiary/aromatic N) is 1. The average molecular weight is 406 g/mol. The predicted octanol–water partition coefficient (Wildman–Crippen LogP) is 4.19. The van der Waals surface area contributed by atoms with E-state index in [0.29, 0.717) is 38.6 Å². The lowest BCUT2D eigenvalue weighted by Crippen LogP contribution is -1.97. The molecule has 0 spiro atoms. The van der Waals surface area contributed by atoms with Gasteiger partial charge in [-0.1, -0.05) is 36.4 Å². The number of nitrogens with one attached hydrogen (secondary N) is 1. The summed E-state index contributed by atoms with van der Waals surface area (Å²) in [5.41, 5.74) is 1.53. The number of benzene rings is 4. The molecule has 1 aromatic heterocycles. The van der Waals surface area contributed by atoms with Crippen LogP contribution in [0, 0.1) is 0 Å². The Balaban J connectivity index is 1.78. The monoisotopic (exact) mass is 406 g/mol. The van der Waals surface area contributed by atoms with Gasteiger partial charge in [-0.3, -0.25) is 4.55 Å². The van der Waals surface area contributed by atoms with Crippen LogP contribution < -0.4 is 0 Å². The lowest BCUT2D eigenvalue weighted by atomic mass is 10.1. The summed E-state index contributed by atoms with van der Waals surface area (Å²) in [6, 6.07) is 16.6. The van der Waals surface area contributed by atoms with Crippen molar-refractivity contribution in [3.63, 3.8) is 0 Å². The van der Waals surface area contributed by atoms with Gasteiger partial charge >= 0.3 is 0 Å². The molecule has 0 amide bonds. The molecule has 7 nitrogen and oxygen atoms in total. The van der Waals surface area contributed by atoms with E-state index < -0.39 is 15.0 Å². The maximum atomic E-state index is 11.4. The summed E-state index contributed by atoms with van der Waals surface area (Å²) in [6.07, 6.45) is 0. The molecule has 29 heavy (non-hydrogen) atoms. The minimum atomic E-state index is -4.46. The number of H-pyrrole nitrogens is 1. The Kier molecular flexibility index (Phi) is 3.58. The fourth-order valence-corrected chi connectivity index (χ4v) is 4.14. The number of rotatable bonds is 2. The third-order valence-corrected chi connectivity index (χ3v) is 5.80. The van der Waals surface area contributed by atoms with Gasteiger partial charge in [-0.25, -0.2) is 4.98 Å². The molecule has 5 aromatic rings. The summed E-state index contributed by atoms with van der Waals surface area (Å²) < 4.78 is 32.1. The van der Waals surface area contributed by atoms with Gasteiger partial charge in [0.1, 0.15) is 22.8 Å². The van der Waals surface area contributed by atoms with Crippen LogP contribution in [0.2, 0.25) is 0 Å². The van der Waals surface area contributed by atoms with Crippen molar-refractivity contribution >= 4 is 42.7 Å². The smallest absolute Gasteiger partial charge is 0.294 e. The van der Waals surface area contributed by atoms with E-state index in [2.05, 4.69) is 9.97 Å². The van der Waals surface area contributed by atoms with Crippen molar-refractivity contribution in [1.82, 2.24) is 9.97 Å². The van der Waals surface area contributed by atoms with Gasteiger partial charge in [0, 0.05) is 11.5 Å². The number of aromatic hydroxyl groups is 2. The summed E-state index contributed by atoms with van der Waals surface area (Å²) in [6.45, 7) is 0. The van der Waals surface area contributed by atoms with Gasteiger partial charge in [0.15, 0.2) is 0 Å². The van der Waals surface area contributed by atoms with E-state index >= 15 is 0 Å². The minimum absolute atomic E-state index is 0.0874. The molecule has 0 saturated carbocycles. The van der Waals surface area contributed by atoms with E-state index in [1.807, 2.05) is 30.3 Å². The Morgan fingerprint density at radius 1 is 0.897 bits per heavy atom. The molecule has 8 heteroatoms. The van der Waals surface area contributed by atoms with Crippen LogP contribution in [0.3, 0.4) is 0 Å². The summed E-state index contributed by atoms with van der Waals surface area (Å²) in [7, 11) is -4.46. The van der Waals surface area contributed by atoms with E-state index in [1.165, 1.54) is 6.07 Å². The zero-order chi connectivity index (χ0) is 20.3. The number of phenols is 2. The van der Waals surface area contributed by atoms with Crippen molar-refractivity contribution in [2.24, 2.45) is 0 Å². The zero-order valence-corrected chi connectivity index (χ0v) is 15.6. The predicted molar refractivity (Wildman–Crippen MR) is 110 cm³/mol. The maximum absolute atomic E-state index is 11.4. The first kappa shape index (κ1) is 17.5. The van der Waals surface area contributed by atoms with E-state index in [-0.39, 0.29) is 11.5 Å². The van der Waals surface area contributed by atoms with Crippen molar-refractivity contribution in [2.75, 3.05) is 0 Å². The van der Waals surface area contributed by atoms with Crippen molar-refractivity contribution in [3.8, 4) is 22.9 Å². The topological polar surface area (TPSA) is 124 Å². The van der Waals surface area contributed by atoms with Gasteiger partial charge in [-0.05, 0) is 29.0 Å². The standard InChI is InChI=1S/C21H14N2O5S/c24-17-10-13(29(26,27)28)9-12-6-8-16-19(18(12)17)23-21(22-16)15-7-5-11-3-1-2-4-14(11)20(15)25/h1-10,24-25H,(H,22,23)(H,26,27,28). The van der Waals surface area contributed by atoms with Crippen LogP contribution in [-0.2, 0) is 10.1 Å². The highest BCUT2D eigenvalue weighted by molar-refractivity contribution is 7.85. The van der Waals surface area contributed by atoms with E-state index in [9.17, 15) is 23.2 Å². The lowest BCUT2D eigenvalue weighted by molar-refractivity contribution is 0.471. The van der Waals surface area contributed by atoms with Crippen molar-refractivity contribution in [2.45, 2.75) is 4.90 Å². The molecular weight excluding hydrogens is 392 g/mol. The second-order valence-electron chi connectivity index (χ2n) is 6.75. The number of aromatic nitrogens is 2. The second-order valence-corrected chi connectivity index (χ2v) is 8.17. The molecule has 0 radical (unpaired) electrons. The molecule has 0 unspecified atom stereocenters. The Bertz CT molecular complexity index is 1550. The zero-order valence-electron chi connectivity index (χ0n) is 14.8. The summed E-state index contributed by atoms with van der Waals surface area (Å²) >= 11 is 0. The Morgan fingerprint density at radius 2 is 1.66 bits per heavy atom. The third-order valence-electron chi connectivity index (χ3n) is 4.97. The molecule has 0 saturated heterocycles. The lowest BCUT2D eigenvalue weighted by Gasteiger charge is -2.05. The SMILES string of the molecule is O=S(=O)(O)c1cc(O)c2c(ccc3[nH]c(-c4ccc5ccccc5c4O)nc32)c1. The average Bonchev–Trinajstić information content (AvgIpc) is 3.11. The highest BCUT2D eigenvalue weighted by atomic mass is 32.2. The van der Waals surface area contributed by atoms with Gasteiger partial charge in [0.05, 0.1) is 21.4 Å². The van der Waals surface area contributed by atoms with Crippen LogP contribution in [0.5, 0.6) is 11.5 Å². The van der Waals surface area contributed by atoms with Crippen molar-refractivity contribution < 1.29 is 23.2 Å². The van der Waals surface area contributed by atoms with E-state index in [0.717, 1.165) is 11.5 Å². The highest BCUT2D eigenvalue weighted by Gasteiger charge is 2.18. The molecule has 144 valence electrons. The van der Waals surface area contributed by atoms with Crippen LogP contribution in [0.4, 0.5) is 0 Å². The minimum Gasteiger partial charge on any atom is -0.507 e. The van der Waals surface area contributed by atoms with Gasteiger partial charge in [0.2, 0.25) is 0 Å². The fraction of sp³-hybridized carbons (Fsp3) is 0. The molecule has 0 aliphatic heterocycles. The molecule has 1 heterocycles. The van der Waals surface area contributed by atoms with Crippen LogP contribution in [0.15, 0.2) is 65.6 Å². The third kappa shape index (κ3) is 2.69. The summed E-state index contributed by atoms with van der Waals surface area (Å²) in [5.74, 6) is 0.180. The molecule has 5 rings (SSSR count). The number of hydrogen-bond donors (Lipinski definition) is 4. The number of fused-ring (bicyclic) bond motifs is 4. The Labute approximate surface area is 164 Å². The van der Waals surface area contributed by atoms with Gasteiger partial charge in [-0.15, -0.1) is 0 Å². The molecule has 4 N–H and O–H groups in total. The van der Waals surface area contributed by atoms with Gasteiger partial charge in [-0.2, -0.15) is 8.42 Å². The molecule has 0 fully saturated rings. The van der Waals surface area contributed by atoms with E-state index in [1.54, 1.807) is 18.2 Å². The van der Waals surface area contributed by atoms with Gasteiger partial charge < -0.3 is 15.2 Å². The van der Waals surface area contributed by atoms with E-state index in [4.69, 9.17) is 0 Å². The number of hydrogen-bond acceptors (Lipinski definition) is 5. The quantitative estimate of drug-likeness (QED) is 0.326. The largest absolute Gasteiger partial charge is 0.507 e. The Hall–Kier alpha value is -3.62. The van der Waals surface area contributed by atoms with Crippen LogP contribution in [0.25, 0.3) is 44.0 Å². The maximum Gasteiger partial charge on any atom is 0.294 e. The Morgan fingerprint density at radius 3 is 2.45 bits per heavy atom. The summed E-state index contributed by atoms with van der Waals surface area (Å²) in [4.78, 5) is 7.28. The van der Waals surface area contributed by atoms with Crippen LogP contribution in [-0.4, -0.2) is 33.2 Å². The molecule has 0 aliphatic rings.